The molecular weight excluding hydrogens is 422 g/mol. The zero-order chi connectivity index (χ0) is 21.0. The molecule has 152 valence electrons. The highest BCUT2D eigenvalue weighted by molar-refractivity contribution is 7.98. The second-order valence-electron chi connectivity index (χ2n) is 7.28. The molecule has 0 saturated heterocycles. The number of benzene rings is 4. The Morgan fingerprint density at radius 3 is 2.35 bits per heavy atom. The molecule has 0 radical (unpaired) electrons. The fourth-order valence-corrected chi connectivity index (χ4v) is 4.87. The van der Waals surface area contributed by atoms with Crippen molar-refractivity contribution in [1.82, 2.24) is 14.8 Å². The maximum absolute atomic E-state index is 6.49. The number of halogens is 1. The number of rotatable bonds is 6. The summed E-state index contributed by atoms with van der Waals surface area (Å²) in [6, 6.07) is 33.1. The lowest BCUT2D eigenvalue weighted by Crippen LogP contribution is -2.04. The van der Waals surface area contributed by atoms with Crippen LogP contribution in [-0.2, 0) is 12.3 Å². The summed E-state index contributed by atoms with van der Waals surface area (Å²) in [6.07, 6.45) is 0. The molecular formula is C26H20ClN3S. The summed E-state index contributed by atoms with van der Waals surface area (Å²) in [5.74, 6) is 1.60. The van der Waals surface area contributed by atoms with Gasteiger partial charge in [-0.15, -0.1) is 10.2 Å². The predicted molar refractivity (Wildman–Crippen MR) is 130 cm³/mol. The van der Waals surface area contributed by atoms with Crippen molar-refractivity contribution >= 4 is 34.1 Å². The first-order valence-corrected chi connectivity index (χ1v) is 11.5. The fourth-order valence-electron chi connectivity index (χ4n) is 3.71. The number of thioether (sulfide) groups is 1. The van der Waals surface area contributed by atoms with Crippen LogP contribution in [0.3, 0.4) is 0 Å². The highest BCUT2D eigenvalue weighted by Gasteiger charge is 2.17. The minimum absolute atomic E-state index is 0.676. The van der Waals surface area contributed by atoms with Crippen LogP contribution in [0.25, 0.3) is 22.2 Å². The van der Waals surface area contributed by atoms with Crippen molar-refractivity contribution in [2.75, 3.05) is 0 Å². The van der Waals surface area contributed by atoms with Crippen molar-refractivity contribution in [1.29, 1.82) is 0 Å². The summed E-state index contributed by atoms with van der Waals surface area (Å²) in [4.78, 5) is 0. The Balaban J connectivity index is 1.51. The van der Waals surface area contributed by atoms with Gasteiger partial charge in [-0.2, -0.15) is 0 Å². The summed E-state index contributed by atoms with van der Waals surface area (Å²) in [6.45, 7) is 0.687. The van der Waals surface area contributed by atoms with E-state index in [1.165, 1.54) is 21.9 Å². The summed E-state index contributed by atoms with van der Waals surface area (Å²) < 4.78 is 2.16. The van der Waals surface area contributed by atoms with Crippen molar-refractivity contribution in [3.63, 3.8) is 0 Å². The Morgan fingerprint density at radius 1 is 0.742 bits per heavy atom. The summed E-state index contributed by atoms with van der Waals surface area (Å²) >= 11 is 8.20. The van der Waals surface area contributed by atoms with E-state index in [0.717, 1.165) is 22.3 Å². The van der Waals surface area contributed by atoms with Crippen molar-refractivity contribution in [3.8, 4) is 11.4 Å². The van der Waals surface area contributed by atoms with Crippen LogP contribution in [-0.4, -0.2) is 14.8 Å². The monoisotopic (exact) mass is 441 g/mol. The summed E-state index contributed by atoms with van der Waals surface area (Å²) in [5, 5.41) is 13.2. The van der Waals surface area contributed by atoms with Gasteiger partial charge in [-0.3, -0.25) is 4.57 Å². The van der Waals surface area contributed by atoms with Crippen LogP contribution in [0.4, 0.5) is 0 Å². The molecule has 0 unspecified atom stereocenters. The fraction of sp³-hybridized carbons (Fsp3) is 0.0769. The van der Waals surface area contributed by atoms with E-state index in [1.54, 1.807) is 11.8 Å². The lowest BCUT2D eigenvalue weighted by Gasteiger charge is -2.12. The van der Waals surface area contributed by atoms with Gasteiger partial charge in [0.1, 0.15) is 0 Å². The Labute approximate surface area is 190 Å². The minimum atomic E-state index is 0.676. The molecule has 3 nitrogen and oxygen atoms in total. The van der Waals surface area contributed by atoms with Crippen molar-refractivity contribution in [2.24, 2.45) is 0 Å². The van der Waals surface area contributed by atoms with Gasteiger partial charge in [0.2, 0.25) is 0 Å². The van der Waals surface area contributed by atoms with Gasteiger partial charge in [0.05, 0.1) is 11.6 Å². The molecule has 0 saturated carbocycles. The van der Waals surface area contributed by atoms with Gasteiger partial charge in [-0.1, -0.05) is 108 Å². The molecule has 0 aliphatic heterocycles. The molecule has 0 N–H and O–H groups in total. The molecule has 31 heavy (non-hydrogen) atoms. The van der Waals surface area contributed by atoms with Crippen molar-refractivity contribution < 1.29 is 0 Å². The smallest absolute Gasteiger partial charge is 0.192 e. The van der Waals surface area contributed by atoms with E-state index in [9.17, 15) is 0 Å². The molecule has 5 rings (SSSR count). The third-order valence-corrected chi connectivity index (χ3v) is 6.60. The molecule has 1 aromatic heterocycles. The van der Waals surface area contributed by atoms with E-state index in [2.05, 4.69) is 81.5 Å². The minimum Gasteiger partial charge on any atom is -0.297 e. The van der Waals surface area contributed by atoms with Crippen LogP contribution < -0.4 is 0 Å². The lowest BCUT2D eigenvalue weighted by molar-refractivity contribution is 0.714. The van der Waals surface area contributed by atoms with Gasteiger partial charge in [-0.05, 0) is 34.0 Å². The van der Waals surface area contributed by atoms with Crippen LogP contribution in [0.15, 0.2) is 102 Å². The summed E-state index contributed by atoms with van der Waals surface area (Å²) in [5.41, 5.74) is 3.38. The second kappa shape index (κ2) is 8.96. The maximum atomic E-state index is 6.49. The zero-order valence-electron chi connectivity index (χ0n) is 16.8. The molecule has 0 spiro atoms. The first kappa shape index (κ1) is 19.9. The molecule has 0 aliphatic carbocycles. The van der Waals surface area contributed by atoms with Gasteiger partial charge in [0.15, 0.2) is 11.0 Å². The number of fused-ring (bicyclic) bond motifs is 1. The average molecular weight is 442 g/mol. The average Bonchev–Trinajstić information content (AvgIpc) is 3.20. The molecule has 0 bridgehead atoms. The van der Waals surface area contributed by atoms with Gasteiger partial charge < -0.3 is 0 Å². The maximum Gasteiger partial charge on any atom is 0.192 e. The van der Waals surface area contributed by atoms with Crippen LogP contribution in [0.1, 0.15) is 11.1 Å². The third-order valence-electron chi connectivity index (χ3n) is 5.25. The third kappa shape index (κ3) is 4.22. The molecule has 1 heterocycles. The Bertz CT molecular complexity index is 1330. The van der Waals surface area contributed by atoms with Gasteiger partial charge >= 0.3 is 0 Å². The van der Waals surface area contributed by atoms with E-state index < -0.39 is 0 Å². The Kier molecular flexibility index (Phi) is 5.74. The molecule has 0 fully saturated rings. The zero-order valence-corrected chi connectivity index (χ0v) is 18.4. The molecule has 4 aromatic carbocycles. The molecule has 5 heteroatoms. The SMILES string of the molecule is Clc1ccccc1-c1nnc(SCc2cccc3ccccc23)n1Cc1ccccc1. The van der Waals surface area contributed by atoms with Gasteiger partial charge in [-0.25, -0.2) is 0 Å². The van der Waals surface area contributed by atoms with E-state index in [-0.39, 0.29) is 0 Å². The van der Waals surface area contributed by atoms with E-state index in [1.807, 2.05) is 30.3 Å². The molecule has 0 amide bonds. The number of hydrogen-bond acceptors (Lipinski definition) is 3. The van der Waals surface area contributed by atoms with Crippen molar-refractivity contribution in [3.05, 3.63) is 113 Å². The van der Waals surface area contributed by atoms with Crippen LogP contribution in [0.2, 0.25) is 5.02 Å². The first-order valence-electron chi connectivity index (χ1n) is 10.1. The highest BCUT2D eigenvalue weighted by atomic mass is 35.5. The number of hydrogen-bond donors (Lipinski definition) is 0. The predicted octanol–water partition coefficient (Wildman–Crippen LogP) is 7.09. The van der Waals surface area contributed by atoms with E-state index >= 15 is 0 Å². The Hall–Kier alpha value is -3.08. The molecule has 5 aromatic rings. The van der Waals surface area contributed by atoms with E-state index in [4.69, 9.17) is 11.6 Å². The summed E-state index contributed by atoms with van der Waals surface area (Å²) in [7, 11) is 0. The largest absolute Gasteiger partial charge is 0.297 e. The highest BCUT2D eigenvalue weighted by Crippen LogP contribution is 2.32. The topological polar surface area (TPSA) is 30.7 Å². The molecule has 0 atom stereocenters. The number of aromatic nitrogens is 3. The van der Waals surface area contributed by atoms with Crippen molar-refractivity contribution in [2.45, 2.75) is 17.5 Å². The van der Waals surface area contributed by atoms with Gasteiger partial charge in [0, 0.05) is 11.3 Å². The number of nitrogens with zero attached hydrogens (tertiary/aromatic N) is 3. The Morgan fingerprint density at radius 2 is 1.48 bits per heavy atom. The normalized spacial score (nSPS) is 11.1. The van der Waals surface area contributed by atoms with Crippen LogP contribution >= 0.6 is 23.4 Å². The van der Waals surface area contributed by atoms with Crippen LogP contribution in [0.5, 0.6) is 0 Å². The first-order chi connectivity index (χ1) is 15.3. The van der Waals surface area contributed by atoms with Crippen LogP contribution in [0, 0.1) is 0 Å². The van der Waals surface area contributed by atoms with Gasteiger partial charge in [0.25, 0.3) is 0 Å². The molecule has 0 aliphatic rings. The quantitative estimate of drug-likeness (QED) is 0.263. The second-order valence-corrected chi connectivity index (χ2v) is 8.63. The standard InChI is InChI=1S/C26H20ClN3S/c27-24-16-7-6-15-23(24)25-28-29-26(30(25)17-19-9-2-1-3-10-19)31-18-21-13-8-12-20-11-4-5-14-22(20)21/h1-16H,17-18H2. The van der Waals surface area contributed by atoms with E-state index in [0.29, 0.717) is 11.6 Å². The lowest BCUT2D eigenvalue weighted by atomic mass is 10.1.